The van der Waals surface area contributed by atoms with Gasteiger partial charge in [0, 0.05) is 18.5 Å². The van der Waals surface area contributed by atoms with Gasteiger partial charge in [0.05, 0.1) is 5.02 Å². The maximum absolute atomic E-state index is 12.8. The van der Waals surface area contributed by atoms with Crippen LogP contribution in [0.25, 0.3) is 11.0 Å². The number of fused-ring (bicyclic) bond motifs is 1. The highest BCUT2D eigenvalue weighted by Gasteiger charge is 2.26. The molecule has 0 atom stereocenters. The SMILES string of the molecule is O=C(c1cc2cccc(Cl)c2oc1=O)N1CCC(Cc2ccccc2)CC1. The number of piperidine rings is 1. The normalized spacial score (nSPS) is 15.2. The lowest BCUT2D eigenvalue weighted by atomic mass is 9.90. The number of hydrogen-bond donors (Lipinski definition) is 0. The Hall–Kier alpha value is -2.59. The fraction of sp³-hybridized carbons (Fsp3) is 0.273. The van der Waals surface area contributed by atoms with E-state index in [0.717, 1.165) is 19.3 Å². The van der Waals surface area contributed by atoms with Gasteiger partial charge in [-0.1, -0.05) is 54.1 Å². The van der Waals surface area contributed by atoms with Crippen LogP contribution in [0.5, 0.6) is 0 Å². The molecular formula is C22H20ClNO3. The molecule has 27 heavy (non-hydrogen) atoms. The summed E-state index contributed by atoms with van der Waals surface area (Å²) in [5.41, 5.74) is 1.09. The van der Waals surface area contributed by atoms with Crippen molar-refractivity contribution in [1.82, 2.24) is 4.90 Å². The van der Waals surface area contributed by atoms with E-state index in [0.29, 0.717) is 35.0 Å². The summed E-state index contributed by atoms with van der Waals surface area (Å²) in [6, 6.07) is 17.2. The van der Waals surface area contributed by atoms with E-state index in [9.17, 15) is 9.59 Å². The highest BCUT2D eigenvalue weighted by molar-refractivity contribution is 6.34. The van der Waals surface area contributed by atoms with Crippen molar-refractivity contribution < 1.29 is 9.21 Å². The zero-order valence-electron chi connectivity index (χ0n) is 14.9. The summed E-state index contributed by atoms with van der Waals surface area (Å²) < 4.78 is 5.30. The fourth-order valence-corrected chi connectivity index (χ4v) is 3.94. The molecule has 0 unspecified atom stereocenters. The average molecular weight is 382 g/mol. The molecule has 0 saturated carbocycles. The van der Waals surface area contributed by atoms with Gasteiger partial charge in [0.25, 0.3) is 5.91 Å². The third kappa shape index (κ3) is 3.76. The molecule has 4 rings (SSSR count). The van der Waals surface area contributed by atoms with E-state index in [-0.39, 0.29) is 11.5 Å². The second-order valence-corrected chi connectivity index (χ2v) is 7.44. The van der Waals surface area contributed by atoms with Crippen molar-refractivity contribution in [3.8, 4) is 0 Å². The van der Waals surface area contributed by atoms with Crippen LogP contribution in [0, 0.1) is 5.92 Å². The van der Waals surface area contributed by atoms with Gasteiger partial charge >= 0.3 is 5.63 Å². The Kier molecular flexibility index (Phi) is 4.99. The average Bonchev–Trinajstić information content (AvgIpc) is 2.69. The molecule has 1 aliphatic rings. The lowest BCUT2D eigenvalue weighted by Gasteiger charge is -2.32. The fourth-order valence-electron chi connectivity index (χ4n) is 3.72. The van der Waals surface area contributed by atoms with E-state index in [4.69, 9.17) is 16.0 Å². The quantitative estimate of drug-likeness (QED) is 0.626. The van der Waals surface area contributed by atoms with E-state index >= 15 is 0 Å². The first-order valence-electron chi connectivity index (χ1n) is 9.17. The van der Waals surface area contributed by atoms with Gasteiger partial charge in [0.15, 0.2) is 5.58 Å². The Balaban J connectivity index is 1.47. The van der Waals surface area contributed by atoms with Gasteiger partial charge in [-0.15, -0.1) is 0 Å². The first-order chi connectivity index (χ1) is 13.1. The van der Waals surface area contributed by atoms with Crippen molar-refractivity contribution in [2.24, 2.45) is 5.92 Å². The molecule has 1 aromatic heterocycles. The minimum absolute atomic E-state index is 0.0753. The summed E-state index contributed by atoms with van der Waals surface area (Å²) >= 11 is 6.06. The lowest BCUT2D eigenvalue weighted by Crippen LogP contribution is -2.40. The molecular weight excluding hydrogens is 362 g/mol. The largest absolute Gasteiger partial charge is 0.421 e. The van der Waals surface area contributed by atoms with Gasteiger partial charge in [0.1, 0.15) is 5.56 Å². The van der Waals surface area contributed by atoms with E-state index < -0.39 is 5.63 Å². The molecule has 4 nitrogen and oxygen atoms in total. The Morgan fingerprint density at radius 3 is 2.56 bits per heavy atom. The van der Waals surface area contributed by atoms with Crippen molar-refractivity contribution in [2.45, 2.75) is 19.3 Å². The van der Waals surface area contributed by atoms with Crippen molar-refractivity contribution in [1.29, 1.82) is 0 Å². The molecule has 0 N–H and O–H groups in total. The summed E-state index contributed by atoms with van der Waals surface area (Å²) in [4.78, 5) is 26.9. The number of nitrogens with zero attached hydrogens (tertiary/aromatic N) is 1. The predicted octanol–water partition coefficient (Wildman–Crippen LogP) is 4.54. The predicted molar refractivity (Wildman–Crippen MR) is 106 cm³/mol. The Bertz CT molecular complexity index is 1020. The third-order valence-corrected chi connectivity index (χ3v) is 5.51. The van der Waals surface area contributed by atoms with Crippen LogP contribution in [0.1, 0.15) is 28.8 Å². The number of hydrogen-bond acceptors (Lipinski definition) is 3. The maximum atomic E-state index is 12.8. The van der Waals surface area contributed by atoms with Crippen LogP contribution in [0.2, 0.25) is 5.02 Å². The minimum Gasteiger partial charge on any atom is -0.421 e. The summed E-state index contributed by atoms with van der Waals surface area (Å²) in [5.74, 6) is 0.298. The van der Waals surface area contributed by atoms with E-state index in [2.05, 4.69) is 24.3 Å². The highest BCUT2D eigenvalue weighted by atomic mass is 35.5. The summed E-state index contributed by atoms with van der Waals surface area (Å²) in [7, 11) is 0. The van der Waals surface area contributed by atoms with Crippen molar-refractivity contribution in [2.75, 3.05) is 13.1 Å². The number of likely N-dealkylation sites (tertiary alicyclic amines) is 1. The number of benzene rings is 2. The molecule has 5 heteroatoms. The smallest absolute Gasteiger partial charge is 0.349 e. The molecule has 2 aromatic carbocycles. The first kappa shape index (κ1) is 17.8. The number of halogens is 1. The number of rotatable bonds is 3. The summed E-state index contributed by atoms with van der Waals surface area (Å²) in [6.07, 6.45) is 2.90. The van der Waals surface area contributed by atoms with Crippen molar-refractivity contribution >= 4 is 28.5 Å². The zero-order chi connectivity index (χ0) is 18.8. The van der Waals surface area contributed by atoms with Gasteiger partial charge in [0.2, 0.25) is 0 Å². The van der Waals surface area contributed by atoms with Crippen LogP contribution in [0.3, 0.4) is 0 Å². The van der Waals surface area contributed by atoms with E-state index in [1.807, 2.05) is 6.07 Å². The van der Waals surface area contributed by atoms with Crippen LogP contribution in [-0.4, -0.2) is 23.9 Å². The maximum Gasteiger partial charge on any atom is 0.349 e. The van der Waals surface area contributed by atoms with E-state index in [1.165, 1.54) is 5.56 Å². The molecule has 0 aliphatic carbocycles. The topological polar surface area (TPSA) is 50.5 Å². The third-order valence-electron chi connectivity index (χ3n) is 5.21. The number of para-hydroxylation sites is 1. The second-order valence-electron chi connectivity index (χ2n) is 7.03. The molecule has 1 aliphatic heterocycles. The van der Waals surface area contributed by atoms with Crippen LogP contribution in [0.15, 0.2) is 63.8 Å². The zero-order valence-corrected chi connectivity index (χ0v) is 15.6. The minimum atomic E-state index is -0.632. The Morgan fingerprint density at radius 2 is 1.81 bits per heavy atom. The van der Waals surface area contributed by atoms with Crippen LogP contribution in [0.4, 0.5) is 0 Å². The Morgan fingerprint density at radius 1 is 1.07 bits per heavy atom. The number of carbonyl (C=O) groups excluding carboxylic acids is 1. The number of carbonyl (C=O) groups is 1. The van der Waals surface area contributed by atoms with Crippen LogP contribution >= 0.6 is 11.6 Å². The van der Waals surface area contributed by atoms with Crippen molar-refractivity contribution in [3.63, 3.8) is 0 Å². The second kappa shape index (κ2) is 7.57. The molecule has 0 radical (unpaired) electrons. The standard InChI is InChI=1S/C22H20ClNO3/c23-19-8-4-7-17-14-18(22(26)27-20(17)19)21(25)24-11-9-16(10-12-24)13-15-5-2-1-3-6-15/h1-8,14,16H,9-13H2. The summed E-state index contributed by atoms with van der Waals surface area (Å²) in [6.45, 7) is 1.31. The van der Waals surface area contributed by atoms with Gasteiger partial charge in [-0.25, -0.2) is 4.79 Å². The summed E-state index contributed by atoms with van der Waals surface area (Å²) in [5, 5.41) is 1.02. The van der Waals surface area contributed by atoms with Crippen molar-refractivity contribution in [3.05, 3.63) is 81.2 Å². The molecule has 1 amide bonds. The van der Waals surface area contributed by atoms with Gasteiger partial charge < -0.3 is 9.32 Å². The van der Waals surface area contributed by atoms with Gasteiger partial charge in [-0.05, 0) is 42.9 Å². The Labute approximate surface area is 162 Å². The van der Waals surface area contributed by atoms with Crippen LogP contribution in [-0.2, 0) is 6.42 Å². The molecule has 2 heterocycles. The van der Waals surface area contributed by atoms with E-state index in [1.54, 1.807) is 29.2 Å². The van der Waals surface area contributed by atoms with Crippen LogP contribution < -0.4 is 5.63 Å². The number of amides is 1. The molecule has 138 valence electrons. The van der Waals surface area contributed by atoms with Gasteiger partial charge in [-0.3, -0.25) is 4.79 Å². The lowest BCUT2D eigenvalue weighted by molar-refractivity contribution is 0.0686. The van der Waals surface area contributed by atoms with Gasteiger partial charge in [-0.2, -0.15) is 0 Å². The molecule has 3 aromatic rings. The molecule has 1 saturated heterocycles. The molecule has 0 bridgehead atoms. The monoisotopic (exact) mass is 381 g/mol. The molecule has 1 fully saturated rings. The molecule has 0 spiro atoms. The highest BCUT2D eigenvalue weighted by Crippen LogP contribution is 2.25. The first-order valence-corrected chi connectivity index (χ1v) is 9.55.